The number of carbonyl (C=O) groups is 1. The minimum atomic E-state index is -0.137. The zero-order chi connectivity index (χ0) is 18.8. The summed E-state index contributed by atoms with van der Waals surface area (Å²) in [5.41, 5.74) is 2.03. The molecule has 0 bridgehead atoms. The van der Waals surface area contributed by atoms with Crippen molar-refractivity contribution in [3.8, 4) is 0 Å². The average molecular weight is 375 g/mol. The van der Waals surface area contributed by atoms with Gasteiger partial charge in [0.05, 0.1) is 6.10 Å². The van der Waals surface area contributed by atoms with Gasteiger partial charge in [-0.25, -0.2) is 9.68 Å². The molecule has 0 aromatic rings. The Kier molecular flexibility index (Phi) is 4.25. The van der Waals surface area contributed by atoms with Crippen molar-refractivity contribution in [2.45, 2.75) is 77.7 Å². The van der Waals surface area contributed by atoms with E-state index >= 15 is 0 Å². The molecular formula is C23H34O4. The first kappa shape index (κ1) is 18.2. The van der Waals surface area contributed by atoms with E-state index in [1.54, 1.807) is 6.08 Å². The van der Waals surface area contributed by atoms with Gasteiger partial charge in [0.2, 0.25) is 0 Å². The molecule has 0 spiro atoms. The highest BCUT2D eigenvalue weighted by atomic mass is 17.1. The number of cyclic esters (lactones) is 1. The standard InChI is InChI=1S/C23H34O4/c1-22-9-7-16(27-25)12-15(22)3-4-17-19-6-5-18(14-11-21(24)26-13-14)23(19,2)10-8-20(17)22/h11,15-20,25H,3-10,12-13H2,1-2H3/t15?,16?,17-,18+,19-,20-,22-,23+/m0/s1. The molecule has 5 rings (SSSR count). The van der Waals surface area contributed by atoms with Crippen LogP contribution in [0.1, 0.15) is 71.6 Å². The third-order valence-corrected chi connectivity index (χ3v) is 9.90. The maximum Gasteiger partial charge on any atom is 0.331 e. The van der Waals surface area contributed by atoms with Crippen LogP contribution in [0.15, 0.2) is 11.6 Å². The van der Waals surface area contributed by atoms with Crippen molar-refractivity contribution in [2.24, 2.45) is 40.4 Å². The van der Waals surface area contributed by atoms with E-state index in [9.17, 15) is 4.79 Å². The molecule has 8 atom stereocenters. The van der Waals surface area contributed by atoms with E-state index in [1.807, 2.05) is 0 Å². The third-order valence-electron chi connectivity index (χ3n) is 9.90. The summed E-state index contributed by atoms with van der Waals surface area (Å²) in [6.45, 7) is 5.59. The van der Waals surface area contributed by atoms with E-state index in [4.69, 9.17) is 14.9 Å². The fourth-order valence-corrected chi connectivity index (χ4v) is 8.51. The van der Waals surface area contributed by atoms with Gasteiger partial charge in [-0.2, -0.15) is 0 Å². The van der Waals surface area contributed by atoms with Crippen LogP contribution in [-0.2, 0) is 14.4 Å². The van der Waals surface area contributed by atoms with Crippen LogP contribution in [0.3, 0.4) is 0 Å². The Balaban J connectivity index is 1.39. The molecule has 27 heavy (non-hydrogen) atoms. The molecule has 0 saturated heterocycles. The van der Waals surface area contributed by atoms with Crippen LogP contribution in [0.4, 0.5) is 0 Å². The number of ether oxygens (including phenoxy) is 1. The highest BCUT2D eigenvalue weighted by molar-refractivity contribution is 5.85. The highest BCUT2D eigenvalue weighted by Crippen LogP contribution is 2.68. The highest BCUT2D eigenvalue weighted by Gasteiger charge is 2.60. The van der Waals surface area contributed by atoms with Gasteiger partial charge in [-0.05, 0) is 104 Å². The van der Waals surface area contributed by atoms with Crippen molar-refractivity contribution >= 4 is 5.97 Å². The summed E-state index contributed by atoms with van der Waals surface area (Å²) in [5.74, 6) is 3.56. The molecule has 1 N–H and O–H groups in total. The summed E-state index contributed by atoms with van der Waals surface area (Å²) >= 11 is 0. The number of hydrogen-bond acceptors (Lipinski definition) is 4. The van der Waals surface area contributed by atoms with E-state index in [1.165, 1.54) is 50.5 Å². The third kappa shape index (κ3) is 2.58. The normalized spacial score (nSPS) is 51.8. The van der Waals surface area contributed by atoms with Crippen LogP contribution in [0, 0.1) is 40.4 Å². The lowest BCUT2D eigenvalue weighted by Crippen LogP contribution is -2.54. The average Bonchev–Trinajstić information content (AvgIpc) is 3.23. The minimum absolute atomic E-state index is 0.0520. The van der Waals surface area contributed by atoms with Gasteiger partial charge in [0.15, 0.2) is 0 Å². The number of fused-ring (bicyclic) bond motifs is 5. The Morgan fingerprint density at radius 3 is 2.56 bits per heavy atom. The summed E-state index contributed by atoms with van der Waals surface area (Å²) in [6, 6.07) is 0. The van der Waals surface area contributed by atoms with Gasteiger partial charge >= 0.3 is 5.97 Å². The van der Waals surface area contributed by atoms with Crippen LogP contribution in [0.2, 0.25) is 0 Å². The monoisotopic (exact) mass is 374 g/mol. The molecule has 4 heteroatoms. The Morgan fingerprint density at radius 1 is 1.04 bits per heavy atom. The Labute approximate surface area is 162 Å². The molecule has 0 amide bonds. The largest absolute Gasteiger partial charge is 0.458 e. The van der Waals surface area contributed by atoms with Gasteiger partial charge in [-0.1, -0.05) is 13.8 Å². The summed E-state index contributed by atoms with van der Waals surface area (Å²) in [4.78, 5) is 16.4. The van der Waals surface area contributed by atoms with Crippen molar-refractivity contribution in [3.63, 3.8) is 0 Å². The molecule has 1 heterocycles. The van der Waals surface area contributed by atoms with Crippen LogP contribution < -0.4 is 0 Å². The molecule has 0 aromatic heterocycles. The van der Waals surface area contributed by atoms with Gasteiger partial charge in [0.1, 0.15) is 6.61 Å². The molecule has 2 unspecified atom stereocenters. The Morgan fingerprint density at radius 2 is 1.81 bits per heavy atom. The molecule has 0 radical (unpaired) electrons. The SMILES string of the molecule is C[C@]12CC[C@H]3[C@@H](CCC4CC(OO)CC[C@@]43C)[C@@H]1CC[C@@H]2C1=CC(=O)OC1. The van der Waals surface area contributed by atoms with E-state index in [0.29, 0.717) is 29.3 Å². The second-order valence-corrected chi connectivity index (χ2v) is 10.7. The molecule has 4 nitrogen and oxygen atoms in total. The smallest absolute Gasteiger partial charge is 0.331 e. The summed E-state index contributed by atoms with van der Waals surface area (Å²) in [6.07, 6.45) is 12.9. The minimum Gasteiger partial charge on any atom is -0.458 e. The predicted octanol–water partition coefficient (Wildman–Crippen LogP) is 4.99. The molecule has 4 fully saturated rings. The predicted molar refractivity (Wildman–Crippen MR) is 102 cm³/mol. The topological polar surface area (TPSA) is 55.8 Å². The van der Waals surface area contributed by atoms with E-state index < -0.39 is 0 Å². The molecule has 0 aromatic carbocycles. The molecule has 150 valence electrons. The van der Waals surface area contributed by atoms with E-state index in [-0.39, 0.29) is 12.1 Å². The van der Waals surface area contributed by atoms with Crippen molar-refractivity contribution in [1.82, 2.24) is 0 Å². The number of rotatable bonds is 2. The number of esters is 1. The molecule has 4 aliphatic carbocycles. The number of hydrogen-bond donors (Lipinski definition) is 1. The number of carbonyl (C=O) groups excluding carboxylic acids is 1. The fourth-order valence-electron chi connectivity index (χ4n) is 8.51. The van der Waals surface area contributed by atoms with Crippen LogP contribution in [0.5, 0.6) is 0 Å². The van der Waals surface area contributed by atoms with E-state index in [0.717, 1.165) is 30.6 Å². The molecule has 4 saturated carbocycles. The van der Waals surface area contributed by atoms with Crippen LogP contribution >= 0.6 is 0 Å². The maximum atomic E-state index is 11.6. The summed E-state index contributed by atoms with van der Waals surface area (Å²) < 4.78 is 5.25. The second kappa shape index (κ2) is 6.32. The molecule has 1 aliphatic heterocycles. The Bertz CT molecular complexity index is 657. The maximum absolute atomic E-state index is 11.6. The van der Waals surface area contributed by atoms with Gasteiger partial charge in [0.25, 0.3) is 0 Å². The zero-order valence-corrected chi connectivity index (χ0v) is 16.8. The van der Waals surface area contributed by atoms with Crippen LogP contribution in [-0.4, -0.2) is 23.9 Å². The molecular weight excluding hydrogens is 340 g/mol. The molecule has 5 aliphatic rings. The first-order valence-electron chi connectivity index (χ1n) is 11.1. The fraction of sp³-hybridized carbons (Fsp3) is 0.870. The summed E-state index contributed by atoms with van der Waals surface area (Å²) in [7, 11) is 0. The quantitative estimate of drug-likeness (QED) is 0.420. The van der Waals surface area contributed by atoms with Crippen LogP contribution in [0.25, 0.3) is 0 Å². The second-order valence-electron chi connectivity index (χ2n) is 10.7. The van der Waals surface area contributed by atoms with Crippen molar-refractivity contribution in [2.75, 3.05) is 6.61 Å². The van der Waals surface area contributed by atoms with Gasteiger partial charge in [-0.3, -0.25) is 5.26 Å². The lowest BCUT2D eigenvalue weighted by atomic mass is 9.44. The van der Waals surface area contributed by atoms with Crippen molar-refractivity contribution < 1.29 is 19.7 Å². The van der Waals surface area contributed by atoms with Gasteiger partial charge < -0.3 is 4.74 Å². The van der Waals surface area contributed by atoms with Crippen molar-refractivity contribution in [3.05, 3.63) is 11.6 Å². The lowest BCUT2D eigenvalue weighted by Gasteiger charge is -2.61. The van der Waals surface area contributed by atoms with Gasteiger partial charge in [0, 0.05) is 6.08 Å². The zero-order valence-electron chi connectivity index (χ0n) is 16.8. The summed E-state index contributed by atoms with van der Waals surface area (Å²) in [5, 5.41) is 9.17. The first-order valence-corrected chi connectivity index (χ1v) is 11.1. The lowest BCUT2D eigenvalue weighted by molar-refractivity contribution is -0.295. The van der Waals surface area contributed by atoms with Gasteiger partial charge in [-0.15, -0.1) is 0 Å². The Hall–Kier alpha value is -0.870. The van der Waals surface area contributed by atoms with Crippen molar-refractivity contribution in [1.29, 1.82) is 0 Å². The van der Waals surface area contributed by atoms with E-state index in [2.05, 4.69) is 13.8 Å². The first-order chi connectivity index (χ1) is 13.0.